The average Bonchev–Trinajstić information content (AvgIpc) is 2.42. The standard InChI is InChI=1S/C15H19NO5/c1-10-5-7-12(11(16-10)6-8-13(17)18)21-9-15(2,3)14(19)20-4/h5-8H,9H2,1-4H3,(H,17,18). The molecule has 0 bridgehead atoms. The minimum atomic E-state index is -1.07. The van der Waals surface area contributed by atoms with Crippen molar-refractivity contribution in [3.63, 3.8) is 0 Å². The lowest BCUT2D eigenvalue weighted by atomic mass is 9.95. The second kappa shape index (κ2) is 6.88. The van der Waals surface area contributed by atoms with E-state index in [1.54, 1.807) is 32.9 Å². The number of hydrogen-bond acceptors (Lipinski definition) is 5. The number of carboxylic acids is 1. The number of hydrogen-bond donors (Lipinski definition) is 1. The van der Waals surface area contributed by atoms with Crippen molar-refractivity contribution in [3.05, 3.63) is 29.6 Å². The highest BCUT2D eigenvalue weighted by molar-refractivity contribution is 5.85. The molecule has 114 valence electrons. The Kier molecular flexibility index (Phi) is 5.46. The summed E-state index contributed by atoms with van der Waals surface area (Å²) in [5.74, 6) is -1.04. The lowest BCUT2D eigenvalue weighted by molar-refractivity contribution is -0.152. The average molecular weight is 293 g/mol. The summed E-state index contributed by atoms with van der Waals surface area (Å²) in [6, 6.07) is 3.44. The maximum absolute atomic E-state index is 11.6. The van der Waals surface area contributed by atoms with E-state index in [1.807, 2.05) is 0 Å². The van der Waals surface area contributed by atoms with Crippen molar-refractivity contribution in [2.45, 2.75) is 20.8 Å². The lowest BCUT2D eigenvalue weighted by Gasteiger charge is -2.22. The van der Waals surface area contributed by atoms with Gasteiger partial charge in [-0.05, 0) is 39.0 Å². The molecule has 0 aliphatic rings. The molecular weight excluding hydrogens is 274 g/mol. The van der Waals surface area contributed by atoms with Crippen LogP contribution in [0.4, 0.5) is 0 Å². The number of nitrogens with zero attached hydrogens (tertiary/aromatic N) is 1. The van der Waals surface area contributed by atoms with E-state index in [9.17, 15) is 9.59 Å². The minimum Gasteiger partial charge on any atom is -0.490 e. The van der Waals surface area contributed by atoms with E-state index < -0.39 is 11.4 Å². The van der Waals surface area contributed by atoms with Gasteiger partial charge in [0, 0.05) is 11.8 Å². The molecule has 0 aromatic carbocycles. The molecule has 0 unspecified atom stereocenters. The third-order valence-corrected chi connectivity index (χ3v) is 2.74. The first-order valence-corrected chi connectivity index (χ1v) is 6.36. The Labute approximate surface area is 123 Å². The highest BCUT2D eigenvalue weighted by atomic mass is 16.5. The zero-order valence-electron chi connectivity index (χ0n) is 12.5. The number of methoxy groups -OCH3 is 1. The molecule has 1 heterocycles. The van der Waals surface area contributed by atoms with E-state index in [2.05, 4.69) is 4.98 Å². The van der Waals surface area contributed by atoms with E-state index >= 15 is 0 Å². The van der Waals surface area contributed by atoms with Gasteiger partial charge in [-0.25, -0.2) is 9.78 Å². The van der Waals surface area contributed by atoms with Gasteiger partial charge in [-0.15, -0.1) is 0 Å². The quantitative estimate of drug-likeness (QED) is 0.638. The van der Waals surface area contributed by atoms with Crippen LogP contribution in [0.3, 0.4) is 0 Å². The SMILES string of the molecule is COC(=O)C(C)(C)COc1ccc(C)nc1C=CC(=O)O. The summed E-state index contributed by atoms with van der Waals surface area (Å²) in [6.45, 7) is 5.29. The largest absolute Gasteiger partial charge is 0.490 e. The predicted molar refractivity (Wildman–Crippen MR) is 76.9 cm³/mol. The number of ether oxygens (including phenoxy) is 2. The van der Waals surface area contributed by atoms with Crippen molar-refractivity contribution in [1.82, 2.24) is 4.98 Å². The first-order valence-electron chi connectivity index (χ1n) is 6.36. The molecule has 0 radical (unpaired) electrons. The van der Waals surface area contributed by atoms with Crippen molar-refractivity contribution in [3.8, 4) is 5.75 Å². The van der Waals surface area contributed by atoms with Crippen LogP contribution in [-0.2, 0) is 14.3 Å². The molecule has 0 saturated carbocycles. The fraction of sp³-hybridized carbons (Fsp3) is 0.400. The summed E-state index contributed by atoms with van der Waals surface area (Å²) in [5, 5.41) is 8.68. The van der Waals surface area contributed by atoms with Crippen molar-refractivity contribution in [2.75, 3.05) is 13.7 Å². The summed E-state index contributed by atoms with van der Waals surface area (Å²) in [4.78, 5) is 26.4. The zero-order chi connectivity index (χ0) is 16.0. The minimum absolute atomic E-state index is 0.0956. The summed E-state index contributed by atoms with van der Waals surface area (Å²) < 4.78 is 10.3. The van der Waals surface area contributed by atoms with Crippen LogP contribution in [0.5, 0.6) is 5.75 Å². The van der Waals surface area contributed by atoms with Gasteiger partial charge in [0.25, 0.3) is 0 Å². The monoisotopic (exact) mass is 293 g/mol. The Morgan fingerprint density at radius 3 is 2.62 bits per heavy atom. The van der Waals surface area contributed by atoms with Crippen LogP contribution in [0.25, 0.3) is 6.08 Å². The molecule has 1 N–H and O–H groups in total. The number of carbonyl (C=O) groups is 2. The zero-order valence-corrected chi connectivity index (χ0v) is 12.5. The number of esters is 1. The molecule has 1 rings (SSSR count). The van der Waals surface area contributed by atoms with Gasteiger partial charge in [0.05, 0.1) is 12.5 Å². The van der Waals surface area contributed by atoms with Crippen LogP contribution in [0.2, 0.25) is 0 Å². The normalized spacial score (nSPS) is 11.4. The maximum atomic E-state index is 11.6. The fourth-order valence-corrected chi connectivity index (χ4v) is 1.55. The van der Waals surface area contributed by atoms with Gasteiger partial charge in [-0.2, -0.15) is 0 Å². The molecule has 0 aliphatic carbocycles. The number of carbonyl (C=O) groups excluding carboxylic acids is 1. The van der Waals surface area contributed by atoms with Crippen LogP contribution in [0.15, 0.2) is 18.2 Å². The van der Waals surface area contributed by atoms with E-state index in [4.69, 9.17) is 14.6 Å². The molecule has 1 aromatic heterocycles. The van der Waals surface area contributed by atoms with E-state index in [1.165, 1.54) is 13.2 Å². The number of aromatic nitrogens is 1. The van der Waals surface area contributed by atoms with E-state index in [-0.39, 0.29) is 12.6 Å². The fourth-order valence-electron chi connectivity index (χ4n) is 1.55. The van der Waals surface area contributed by atoms with Gasteiger partial charge in [0.15, 0.2) is 0 Å². The molecule has 6 nitrogen and oxygen atoms in total. The first kappa shape index (κ1) is 16.7. The van der Waals surface area contributed by atoms with Crippen LogP contribution < -0.4 is 4.74 Å². The van der Waals surface area contributed by atoms with Crippen LogP contribution in [-0.4, -0.2) is 35.7 Å². The van der Waals surface area contributed by atoms with Gasteiger partial charge < -0.3 is 14.6 Å². The molecule has 0 spiro atoms. The van der Waals surface area contributed by atoms with Gasteiger partial charge in [-0.3, -0.25) is 4.79 Å². The maximum Gasteiger partial charge on any atom is 0.328 e. The van der Waals surface area contributed by atoms with E-state index in [0.717, 1.165) is 11.8 Å². The molecule has 0 amide bonds. The second-order valence-corrected chi connectivity index (χ2v) is 5.17. The number of carboxylic acid groups (broad SMARTS) is 1. The molecule has 1 aromatic rings. The molecule has 0 saturated heterocycles. The Balaban J connectivity index is 2.93. The summed E-state index contributed by atoms with van der Waals surface area (Å²) >= 11 is 0. The molecular formula is C15H19NO5. The Hall–Kier alpha value is -2.37. The highest BCUT2D eigenvalue weighted by Gasteiger charge is 2.30. The smallest absolute Gasteiger partial charge is 0.328 e. The number of rotatable bonds is 6. The third-order valence-electron chi connectivity index (χ3n) is 2.74. The summed E-state index contributed by atoms with van der Waals surface area (Å²) in [6.07, 6.45) is 2.34. The van der Waals surface area contributed by atoms with Gasteiger partial charge in [0.2, 0.25) is 0 Å². The predicted octanol–water partition coefficient (Wildman–Crippen LogP) is 2.07. The van der Waals surface area contributed by atoms with Gasteiger partial charge >= 0.3 is 11.9 Å². The van der Waals surface area contributed by atoms with Crippen molar-refractivity contribution < 1.29 is 24.2 Å². The lowest BCUT2D eigenvalue weighted by Crippen LogP contribution is -2.32. The van der Waals surface area contributed by atoms with Crippen LogP contribution in [0, 0.1) is 12.3 Å². The van der Waals surface area contributed by atoms with Gasteiger partial charge in [0.1, 0.15) is 18.1 Å². The molecule has 6 heteroatoms. The molecule has 0 fully saturated rings. The summed E-state index contributed by atoms with van der Waals surface area (Å²) in [7, 11) is 1.32. The van der Waals surface area contributed by atoms with Crippen molar-refractivity contribution in [1.29, 1.82) is 0 Å². The second-order valence-electron chi connectivity index (χ2n) is 5.17. The van der Waals surface area contributed by atoms with Crippen molar-refractivity contribution in [2.24, 2.45) is 5.41 Å². The van der Waals surface area contributed by atoms with Crippen molar-refractivity contribution >= 4 is 18.0 Å². The number of aliphatic carboxylic acids is 1. The Bertz CT molecular complexity index is 563. The van der Waals surface area contributed by atoms with Crippen LogP contribution in [0.1, 0.15) is 25.2 Å². The summed E-state index contributed by atoms with van der Waals surface area (Å²) in [5.41, 5.74) is 0.325. The molecule has 0 aliphatic heterocycles. The number of aryl methyl sites for hydroxylation is 1. The third kappa shape index (κ3) is 4.91. The Morgan fingerprint density at radius 2 is 2.05 bits per heavy atom. The number of pyridine rings is 1. The van der Waals surface area contributed by atoms with Gasteiger partial charge in [-0.1, -0.05) is 0 Å². The van der Waals surface area contributed by atoms with Crippen LogP contribution >= 0.6 is 0 Å². The molecule has 21 heavy (non-hydrogen) atoms. The first-order chi connectivity index (χ1) is 9.76. The topological polar surface area (TPSA) is 85.7 Å². The van der Waals surface area contributed by atoms with E-state index in [0.29, 0.717) is 11.4 Å². The molecule has 0 atom stereocenters. The Morgan fingerprint density at radius 1 is 1.38 bits per heavy atom. The highest BCUT2D eigenvalue weighted by Crippen LogP contribution is 2.23.